The zero-order valence-corrected chi connectivity index (χ0v) is 15.6. The standard InChI is InChI=1S/C21H20N4OS/c26-20(16-5-2-1-3-6-16)23-17-10-8-15(9-11-17)19-14-27-21(25-19)24-18-7-4-12-22-13-18/h1-2,4,7-14,16H,3,5-6H2,(H,23,26)(H,24,25)/t16-/m0/s1. The lowest BCUT2D eigenvalue weighted by Gasteiger charge is -2.17. The summed E-state index contributed by atoms with van der Waals surface area (Å²) in [5.41, 5.74) is 3.65. The van der Waals surface area contributed by atoms with E-state index >= 15 is 0 Å². The number of nitrogens with zero attached hydrogens (tertiary/aromatic N) is 2. The Kier molecular flexibility index (Phi) is 5.25. The molecule has 136 valence electrons. The average molecular weight is 376 g/mol. The fourth-order valence-electron chi connectivity index (χ4n) is 3.02. The van der Waals surface area contributed by atoms with E-state index in [1.54, 1.807) is 23.7 Å². The van der Waals surface area contributed by atoms with E-state index in [1.165, 1.54) is 0 Å². The van der Waals surface area contributed by atoms with E-state index < -0.39 is 0 Å². The van der Waals surface area contributed by atoms with Crippen molar-refractivity contribution in [2.75, 3.05) is 10.6 Å². The third-order valence-electron chi connectivity index (χ3n) is 4.51. The molecule has 0 spiro atoms. The van der Waals surface area contributed by atoms with Crippen LogP contribution in [-0.2, 0) is 4.79 Å². The molecule has 1 aromatic carbocycles. The molecule has 0 aliphatic heterocycles. The number of pyridine rings is 1. The van der Waals surface area contributed by atoms with Crippen LogP contribution in [0.1, 0.15) is 19.3 Å². The van der Waals surface area contributed by atoms with Gasteiger partial charge in [-0.2, -0.15) is 0 Å². The fourth-order valence-corrected chi connectivity index (χ4v) is 3.76. The summed E-state index contributed by atoms with van der Waals surface area (Å²) in [6, 6.07) is 11.7. The number of carbonyl (C=O) groups excluding carboxylic acids is 1. The predicted octanol–water partition coefficient (Wildman–Crippen LogP) is 5.24. The molecule has 1 aliphatic carbocycles. The summed E-state index contributed by atoms with van der Waals surface area (Å²) in [6.07, 6.45) is 10.5. The highest BCUT2D eigenvalue weighted by Crippen LogP contribution is 2.28. The first kappa shape index (κ1) is 17.4. The summed E-state index contributed by atoms with van der Waals surface area (Å²) in [4.78, 5) is 21.0. The van der Waals surface area contributed by atoms with Crippen LogP contribution in [0.4, 0.5) is 16.5 Å². The summed E-state index contributed by atoms with van der Waals surface area (Å²) < 4.78 is 0. The Labute approximate surface area is 162 Å². The van der Waals surface area contributed by atoms with Crippen molar-refractivity contribution >= 4 is 33.8 Å². The highest BCUT2D eigenvalue weighted by atomic mass is 32.1. The quantitative estimate of drug-likeness (QED) is 0.597. The Hall–Kier alpha value is -2.99. The van der Waals surface area contributed by atoms with E-state index in [4.69, 9.17) is 0 Å². The fraction of sp³-hybridized carbons (Fsp3) is 0.190. The van der Waals surface area contributed by atoms with Crippen LogP contribution in [0.5, 0.6) is 0 Å². The number of allylic oxidation sites excluding steroid dienone is 2. The lowest BCUT2D eigenvalue weighted by atomic mass is 9.93. The molecule has 1 aliphatic rings. The molecular weight excluding hydrogens is 356 g/mol. The number of thiazole rings is 1. The SMILES string of the molecule is O=C(Nc1ccc(-c2csc(Nc3cccnc3)n2)cc1)[C@H]1CC=CCC1. The Bertz CT molecular complexity index is 934. The van der Waals surface area contributed by atoms with Gasteiger partial charge in [0.2, 0.25) is 5.91 Å². The first-order chi connectivity index (χ1) is 13.3. The highest BCUT2D eigenvalue weighted by molar-refractivity contribution is 7.14. The van der Waals surface area contributed by atoms with Crippen molar-refractivity contribution in [2.24, 2.45) is 5.92 Å². The third-order valence-corrected chi connectivity index (χ3v) is 5.26. The van der Waals surface area contributed by atoms with Gasteiger partial charge < -0.3 is 10.6 Å². The molecule has 5 nitrogen and oxygen atoms in total. The predicted molar refractivity (Wildman–Crippen MR) is 110 cm³/mol. The number of hydrogen-bond acceptors (Lipinski definition) is 5. The largest absolute Gasteiger partial charge is 0.330 e. The molecule has 4 rings (SSSR count). The molecule has 27 heavy (non-hydrogen) atoms. The maximum Gasteiger partial charge on any atom is 0.227 e. The summed E-state index contributed by atoms with van der Waals surface area (Å²) in [5, 5.41) is 9.10. The maximum absolute atomic E-state index is 12.3. The molecule has 0 unspecified atom stereocenters. The van der Waals surface area contributed by atoms with Crippen LogP contribution < -0.4 is 10.6 Å². The summed E-state index contributed by atoms with van der Waals surface area (Å²) >= 11 is 1.55. The average Bonchev–Trinajstić information content (AvgIpc) is 3.18. The molecule has 2 heterocycles. The number of anilines is 3. The number of nitrogens with one attached hydrogen (secondary N) is 2. The van der Waals surface area contributed by atoms with Crippen LogP contribution in [0.15, 0.2) is 66.3 Å². The van der Waals surface area contributed by atoms with Crippen molar-refractivity contribution < 1.29 is 4.79 Å². The van der Waals surface area contributed by atoms with Crippen LogP contribution in [0.2, 0.25) is 0 Å². The first-order valence-electron chi connectivity index (χ1n) is 8.97. The number of amides is 1. The van der Waals surface area contributed by atoms with Crippen molar-refractivity contribution in [3.8, 4) is 11.3 Å². The van der Waals surface area contributed by atoms with Gasteiger partial charge in [0.15, 0.2) is 5.13 Å². The zero-order valence-electron chi connectivity index (χ0n) is 14.8. The Morgan fingerprint density at radius 1 is 1.11 bits per heavy atom. The van der Waals surface area contributed by atoms with E-state index in [-0.39, 0.29) is 11.8 Å². The lowest BCUT2D eigenvalue weighted by molar-refractivity contribution is -0.120. The van der Waals surface area contributed by atoms with E-state index in [0.717, 1.165) is 47.0 Å². The van der Waals surface area contributed by atoms with E-state index in [0.29, 0.717) is 0 Å². The Balaban J connectivity index is 1.40. The van der Waals surface area contributed by atoms with Gasteiger partial charge in [-0.1, -0.05) is 24.3 Å². The number of rotatable bonds is 5. The minimum atomic E-state index is 0.0781. The van der Waals surface area contributed by atoms with Gasteiger partial charge in [0, 0.05) is 28.7 Å². The number of benzene rings is 1. The van der Waals surface area contributed by atoms with E-state index in [1.807, 2.05) is 41.8 Å². The van der Waals surface area contributed by atoms with Crippen molar-refractivity contribution in [1.29, 1.82) is 0 Å². The Morgan fingerprint density at radius 3 is 2.74 bits per heavy atom. The molecule has 1 atom stereocenters. The number of aromatic nitrogens is 2. The van der Waals surface area contributed by atoms with Crippen LogP contribution in [0, 0.1) is 5.92 Å². The van der Waals surface area contributed by atoms with Gasteiger partial charge in [-0.15, -0.1) is 11.3 Å². The van der Waals surface area contributed by atoms with E-state index in [2.05, 4.69) is 32.8 Å². The molecule has 0 saturated carbocycles. The minimum Gasteiger partial charge on any atom is -0.330 e. The zero-order chi connectivity index (χ0) is 18.5. The monoisotopic (exact) mass is 376 g/mol. The molecule has 1 amide bonds. The highest BCUT2D eigenvalue weighted by Gasteiger charge is 2.18. The van der Waals surface area contributed by atoms with Crippen LogP contribution in [-0.4, -0.2) is 15.9 Å². The number of carbonyl (C=O) groups is 1. The number of hydrogen-bond donors (Lipinski definition) is 2. The molecule has 0 fully saturated rings. The summed E-state index contributed by atoms with van der Waals surface area (Å²) in [7, 11) is 0. The van der Waals surface area contributed by atoms with Crippen molar-refractivity contribution in [3.05, 3.63) is 66.3 Å². The van der Waals surface area contributed by atoms with Gasteiger partial charge in [0.1, 0.15) is 0 Å². The van der Waals surface area contributed by atoms with Gasteiger partial charge in [0.25, 0.3) is 0 Å². The molecule has 2 aromatic heterocycles. The third kappa shape index (κ3) is 4.41. The van der Waals surface area contributed by atoms with Crippen molar-refractivity contribution in [3.63, 3.8) is 0 Å². The maximum atomic E-state index is 12.3. The first-order valence-corrected chi connectivity index (χ1v) is 9.85. The van der Waals surface area contributed by atoms with Crippen LogP contribution in [0.3, 0.4) is 0 Å². The normalized spacial score (nSPS) is 16.1. The van der Waals surface area contributed by atoms with Crippen molar-refractivity contribution in [2.45, 2.75) is 19.3 Å². The van der Waals surface area contributed by atoms with Gasteiger partial charge in [-0.05, 0) is 43.5 Å². The summed E-state index contributed by atoms with van der Waals surface area (Å²) in [5.74, 6) is 0.179. The van der Waals surface area contributed by atoms with Gasteiger partial charge in [-0.25, -0.2) is 4.98 Å². The second-order valence-electron chi connectivity index (χ2n) is 6.45. The molecule has 0 radical (unpaired) electrons. The van der Waals surface area contributed by atoms with Gasteiger partial charge in [0.05, 0.1) is 17.6 Å². The molecule has 3 aromatic rings. The second-order valence-corrected chi connectivity index (χ2v) is 7.31. The topological polar surface area (TPSA) is 66.9 Å². The lowest BCUT2D eigenvalue weighted by Crippen LogP contribution is -2.23. The molecular formula is C21H20N4OS. The molecule has 2 N–H and O–H groups in total. The smallest absolute Gasteiger partial charge is 0.227 e. The Morgan fingerprint density at radius 2 is 2.00 bits per heavy atom. The second kappa shape index (κ2) is 8.14. The molecule has 6 heteroatoms. The van der Waals surface area contributed by atoms with Crippen LogP contribution >= 0.6 is 11.3 Å². The summed E-state index contributed by atoms with van der Waals surface area (Å²) in [6.45, 7) is 0. The van der Waals surface area contributed by atoms with E-state index in [9.17, 15) is 4.79 Å². The van der Waals surface area contributed by atoms with Crippen molar-refractivity contribution in [1.82, 2.24) is 9.97 Å². The molecule has 0 bridgehead atoms. The molecule has 0 saturated heterocycles. The van der Waals surface area contributed by atoms with Crippen LogP contribution in [0.25, 0.3) is 11.3 Å². The minimum absolute atomic E-state index is 0.0781. The van der Waals surface area contributed by atoms with Gasteiger partial charge >= 0.3 is 0 Å². The van der Waals surface area contributed by atoms with Gasteiger partial charge in [-0.3, -0.25) is 9.78 Å².